The van der Waals surface area contributed by atoms with E-state index in [-0.39, 0.29) is 0 Å². The zero-order chi connectivity index (χ0) is 17.5. The second-order valence-electron chi connectivity index (χ2n) is 5.59. The minimum absolute atomic E-state index is 0.296. The number of halogens is 1. The van der Waals surface area contributed by atoms with Crippen molar-refractivity contribution in [1.82, 2.24) is 20.1 Å². The number of hydrogen-bond donors (Lipinski definition) is 2. The number of benzene rings is 1. The van der Waals surface area contributed by atoms with Crippen LogP contribution in [-0.4, -0.2) is 66.6 Å². The van der Waals surface area contributed by atoms with Gasteiger partial charge in [-0.2, -0.15) is 4.98 Å². The lowest BCUT2D eigenvalue weighted by molar-refractivity contribution is 0.0322. The molecular weight excluding hydrogens is 346 g/mol. The van der Waals surface area contributed by atoms with Crippen LogP contribution in [0.15, 0.2) is 18.2 Å². The molecule has 1 aliphatic heterocycles. The molecule has 9 heteroatoms. The van der Waals surface area contributed by atoms with Crippen molar-refractivity contribution >= 4 is 17.5 Å². The second kappa shape index (κ2) is 8.89. The van der Waals surface area contributed by atoms with Gasteiger partial charge in [0.05, 0.1) is 25.3 Å². The Morgan fingerprint density at radius 2 is 2.20 bits per heavy atom. The van der Waals surface area contributed by atoms with Gasteiger partial charge in [-0.15, -0.1) is 5.10 Å². The van der Waals surface area contributed by atoms with E-state index in [1.807, 2.05) is 18.2 Å². The number of hydrogen-bond acceptors (Lipinski definition) is 7. The van der Waals surface area contributed by atoms with Gasteiger partial charge in [0.1, 0.15) is 12.4 Å². The fourth-order valence-electron chi connectivity index (χ4n) is 2.48. The van der Waals surface area contributed by atoms with Crippen LogP contribution in [-0.2, 0) is 11.3 Å². The number of methoxy groups -OCH3 is 1. The van der Waals surface area contributed by atoms with Crippen molar-refractivity contribution in [2.24, 2.45) is 0 Å². The molecular formula is C16H22ClN5O3. The fraction of sp³-hybridized carbons (Fsp3) is 0.500. The predicted octanol–water partition coefficient (Wildman–Crippen LogP) is 1.79. The molecule has 1 aromatic carbocycles. The summed E-state index contributed by atoms with van der Waals surface area (Å²) in [6.07, 6.45) is 0. The van der Waals surface area contributed by atoms with Gasteiger partial charge in [-0.25, -0.2) is 5.10 Å². The Bertz CT molecular complexity index is 676. The van der Waals surface area contributed by atoms with Gasteiger partial charge in [0, 0.05) is 26.2 Å². The highest BCUT2D eigenvalue weighted by atomic mass is 35.5. The standard InChI is InChI=1S/C16H22ClN5O3/c1-23-16-19-15(20-21-16)18-11-12-2-3-14(13(17)10-12)25-9-6-22-4-7-24-8-5-22/h2-3,10H,4-9,11H2,1H3,(H2,18,19,20,21). The van der Waals surface area contributed by atoms with Crippen LogP contribution in [0.25, 0.3) is 0 Å². The van der Waals surface area contributed by atoms with Crippen LogP contribution in [0.1, 0.15) is 5.56 Å². The first-order chi connectivity index (χ1) is 12.2. The Morgan fingerprint density at radius 1 is 1.36 bits per heavy atom. The minimum Gasteiger partial charge on any atom is -0.491 e. The van der Waals surface area contributed by atoms with E-state index in [2.05, 4.69) is 25.4 Å². The lowest BCUT2D eigenvalue weighted by Crippen LogP contribution is -2.38. The van der Waals surface area contributed by atoms with Crippen molar-refractivity contribution in [2.75, 3.05) is 51.9 Å². The smallest absolute Gasteiger partial charge is 0.336 e. The minimum atomic E-state index is 0.296. The van der Waals surface area contributed by atoms with Crippen molar-refractivity contribution < 1.29 is 14.2 Å². The highest BCUT2D eigenvalue weighted by Gasteiger charge is 2.11. The summed E-state index contributed by atoms with van der Waals surface area (Å²) in [6.45, 7) is 5.53. The monoisotopic (exact) mass is 367 g/mol. The summed E-state index contributed by atoms with van der Waals surface area (Å²) < 4.78 is 16.0. The predicted molar refractivity (Wildman–Crippen MR) is 94.5 cm³/mol. The van der Waals surface area contributed by atoms with Gasteiger partial charge in [0.2, 0.25) is 5.95 Å². The van der Waals surface area contributed by atoms with E-state index in [9.17, 15) is 0 Å². The molecule has 0 amide bonds. The number of ether oxygens (including phenoxy) is 3. The normalized spacial score (nSPS) is 15.1. The van der Waals surface area contributed by atoms with Crippen LogP contribution in [0.5, 0.6) is 11.8 Å². The first kappa shape index (κ1) is 17.8. The molecule has 0 saturated carbocycles. The van der Waals surface area contributed by atoms with Crippen LogP contribution in [0, 0.1) is 0 Å². The molecule has 0 atom stereocenters. The number of aromatic amines is 1. The maximum absolute atomic E-state index is 6.32. The molecule has 0 unspecified atom stereocenters. The molecule has 136 valence electrons. The number of H-pyrrole nitrogens is 1. The van der Waals surface area contributed by atoms with Crippen molar-refractivity contribution in [1.29, 1.82) is 0 Å². The first-order valence-corrected chi connectivity index (χ1v) is 8.54. The Morgan fingerprint density at radius 3 is 2.92 bits per heavy atom. The largest absolute Gasteiger partial charge is 0.491 e. The average molecular weight is 368 g/mol. The van der Waals surface area contributed by atoms with E-state index >= 15 is 0 Å². The topological polar surface area (TPSA) is 84.5 Å². The van der Waals surface area contributed by atoms with E-state index in [0.29, 0.717) is 35.9 Å². The average Bonchev–Trinajstić information content (AvgIpc) is 3.11. The third-order valence-corrected chi connectivity index (χ3v) is 4.17. The zero-order valence-electron chi connectivity index (χ0n) is 14.1. The van der Waals surface area contributed by atoms with Crippen LogP contribution in [0.2, 0.25) is 5.02 Å². The maximum Gasteiger partial charge on any atom is 0.336 e. The quantitative estimate of drug-likeness (QED) is 0.735. The summed E-state index contributed by atoms with van der Waals surface area (Å²) >= 11 is 6.32. The number of morpholine rings is 1. The molecule has 1 aromatic heterocycles. The van der Waals surface area contributed by atoms with E-state index in [4.69, 9.17) is 25.8 Å². The van der Waals surface area contributed by atoms with E-state index < -0.39 is 0 Å². The summed E-state index contributed by atoms with van der Waals surface area (Å²) in [7, 11) is 1.52. The van der Waals surface area contributed by atoms with E-state index in [1.54, 1.807) is 0 Å². The van der Waals surface area contributed by atoms with Crippen molar-refractivity contribution in [3.63, 3.8) is 0 Å². The summed E-state index contributed by atoms with van der Waals surface area (Å²) in [5, 5.41) is 10.3. The summed E-state index contributed by atoms with van der Waals surface area (Å²) in [4.78, 5) is 6.42. The highest BCUT2D eigenvalue weighted by Crippen LogP contribution is 2.25. The van der Waals surface area contributed by atoms with Crippen LogP contribution in [0.3, 0.4) is 0 Å². The Labute approximate surface area is 151 Å². The molecule has 0 bridgehead atoms. The molecule has 3 rings (SSSR count). The third-order valence-electron chi connectivity index (χ3n) is 3.87. The Kier molecular flexibility index (Phi) is 6.32. The van der Waals surface area contributed by atoms with Gasteiger partial charge >= 0.3 is 6.01 Å². The zero-order valence-corrected chi connectivity index (χ0v) is 14.9. The highest BCUT2D eigenvalue weighted by molar-refractivity contribution is 6.32. The lowest BCUT2D eigenvalue weighted by Gasteiger charge is -2.26. The molecule has 2 aromatic rings. The summed E-state index contributed by atoms with van der Waals surface area (Å²) in [6, 6.07) is 6.03. The molecule has 0 spiro atoms. The fourth-order valence-corrected chi connectivity index (χ4v) is 2.74. The third kappa shape index (κ3) is 5.22. The number of rotatable bonds is 8. The molecule has 0 radical (unpaired) electrons. The number of anilines is 1. The molecule has 0 aliphatic carbocycles. The molecule has 1 saturated heterocycles. The van der Waals surface area contributed by atoms with E-state index in [1.165, 1.54) is 7.11 Å². The molecule has 25 heavy (non-hydrogen) atoms. The molecule has 1 fully saturated rings. The van der Waals surface area contributed by atoms with E-state index in [0.717, 1.165) is 38.4 Å². The lowest BCUT2D eigenvalue weighted by atomic mass is 10.2. The van der Waals surface area contributed by atoms with Crippen molar-refractivity contribution in [2.45, 2.75) is 6.54 Å². The number of nitrogens with zero attached hydrogens (tertiary/aromatic N) is 3. The van der Waals surface area contributed by atoms with Gasteiger partial charge in [0.15, 0.2) is 0 Å². The molecule has 2 N–H and O–H groups in total. The van der Waals surface area contributed by atoms with Crippen molar-refractivity contribution in [3.05, 3.63) is 28.8 Å². The second-order valence-corrected chi connectivity index (χ2v) is 6.00. The van der Waals surface area contributed by atoms with Crippen molar-refractivity contribution in [3.8, 4) is 11.8 Å². The Hall–Kier alpha value is -2.03. The Balaban J connectivity index is 1.46. The van der Waals surface area contributed by atoms with Gasteiger partial charge in [-0.3, -0.25) is 4.90 Å². The SMILES string of the molecule is COc1n[nH]c(NCc2ccc(OCCN3CCOCC3)c(Cl)c2)n1. The summed E-state index contributed by atoms with van der Waals surface area (Å²) in [5.41, 5.74) is 1.01. The van der Waals surface area contributed by atoms with Crippen LogP contribution >= 0.6 is 11.6 Å². The first-order valence-electron chi connectivity index (χ1n) is 8.16. The molecule has 2 heterocycles. The van der Waals surface area contributed by atoms with Gasteiger partial charge in [-0.05, 0) is 17.7 Å². The summed E-state index contributed by atoms with van der Waals surface area (Å²) in [5.74, 6) is 1.24. The van der Waals surface area contributed by atoms with Gasteiger partial charge < -0.3 is 19.5 Å². The number of nitrogens with one attached hydrogen (secondary N) is 2. The number of aromatic nitrogens is 3. The van der Waals surface area contributed by atoms with Crippen LogP contribution < -0.4 is 14.8 Å². The van der Waals surface area contributed by atoms with Gasteiger partial charge in [-0.1, -0.05) is 17.7 Å². The van der Waals surface area contributed by atoms with Gasteiger partial charge in [0.25, 0.3) is 0 Å². The molecule has 8 nitrogen and oxygen atoms in total. The van der Waals surface area contributed by atoms with Crippen LogP contribution in [0.4, 0.5) is 5.95 Å². The maximum atomic E-state index is 6.32. The molecule has 1 aliphatic rings.